The SMILES string of the molecule is CCC(C)(CO)NC(=O)COc1ccccc1[N+](=O)[O-]. The van der Waals surface area contributed by atoms with Crippen molar-refractivity contribution < 1.29 is 19.6 Å². The van der Waals surface area contributed by atoms with Gasteiger partial charge in [-0.1, -0.05) is 19.1 Å². The molecule has 2 N–H and O–H groups in total. The largest absolute Gasteiger partial charge is 0.477 e. The van der Waals surface area contributed by atoms with Gasteiger partial charge in [0.2, 0.25) is 0 Å². The van der Waals surface area contributed by atoms with Gasteiger partial charge in [-0.05, 0) is 19.4 Å². The van der Waals surface area contributed by atoms with Crippen LogP contribution in [-0.2, 0) is 4.79 Å². The first-order valence-electron chi connectivity index (χ1n) is 6.20. The van der Waals surface area contributed by atoms with Crippen LogP contribution in [0.2, 0.25) is 0 Å². The highest BCUT2D eigenvalue weighted by molar-refractivity contribution is 5.78. The summed E-state index contributed by atoms with van der Waals surface area (Å²) < 4.78 is 5.16. The Labute approximate surface area is 116 Å². The molecular formula is C13H18N2O5. The lowest BCUT2D eigenvalue weighted by atomic mass is 10.0. The number of benzene rings is 1. The van der Waals surface area contributed by atoms with Gasteiger partial charge in [-0.3, -0.25) is 14.9 Å². The quantitative estimate of drug-likeness (QED) is 0.579. The number of nitro groups is 1. The molecule has 1 atom stereocenters. The zero-order valence-electron chi connectivity index (χ0n) is 11.5. The average Bonchev–Trinajstić information content (AvgIpc) is 2.45. The topological polar surface area (TPSA) is 102 Å². The number of ether oxygens (including phenoxy) is 1. The Kier molecular flexibility index (Phi) is 5.45. The molecule has 110 valence electrons. The fourth-order valence-electron chi connectivity index (χ4n) is 1.49. The summed E-state index contributed by atoms with van der Waals surface area (Å²) in [5, 5.41) is 22.6. The second-order valence-electron chi connectivity index (χ2n) is 4.63. The molecule has 1 aromatic carbocycles. The molecule has 1 unspecified atom stereocenters. The van der Waals surface area contributed by atoms with Crippen LogP contribution >= 0.6 is 0 Å². The Hall–Kier alpha value is -2.15. The van der Waals surface area contributed by atoms with E-state index in [9.17, 15) is 20.0 Å². The summed E-state index contributed by atoms with van der Waals surface area (Å²) in [6, 6.07) is 5.84. The van der Waals surface area contributed by atoms with Crippen LogP contribution in [0.15, 0.2) is 24.3 Å². The van der Waals surface area contributed by atoms with Gasteiger partial charge in [0, 0.05) is 6.07 Å². The number of nitro benzene ring substituents is 1. The summed E-state index contributed by atoms with van der Waals surface area (Å²) in [5.41, 5.74) is -0.913. The lowest BCUT2D eigenvalue weighted by molar-refractivity contribution is -0.385. The van der Waals surface area contributed by atoms with Crippen LogP contribution in [0.5, 0.6) is 5.75 Å². The zero-order chi connectivity index (χ0) is 15.2. The molecule has 0 heterocycles. The molecule has 0 radical (unpaired) electrons. The molecule has 1 rings (SSSR count). The van der Waals surface area contributed by atoms with Crippen LogP contribution in [-0.4, -0.2) is 34.7 Å². The van der Waals surface area contributed by atoms with Gasteiger partial charge in [0.15, 0.2) is 12.4 Å². The summed E-state index contributed by atoms with van der Waals surface area (Å²) in [6.45, 7) is 3.00. The van der Waals surface area contributed by atoms with Gasteiger partial charge in [0.1, 0.15) is 0 Å². The van der Waals surface area contributed by atoms with E-state index in [1.165, 1.54) is 18.2 Å². The minimum atomic E-state index is -0.719. The number of hydrogen-bond acceptors (Lipinski definition) is 5. The van der Waals surface area contributed by atoms with Crippen molar-refractivity contribution in [3.8, 4) is 5.75 Å². The molecule has 0 bridgehead atoms. The van der Waals surface area contributed by atoms with Crippen LogP contribution < -0.4 is 10.1 Å². The number of carbonyl (C=O) groups is 1. The molecule has 1 amide bonds. The zero-order valence-corrected chi connectivity index (χ0v) is 11.5. The number of rotatable bonds is 7. The molecule has 0 aliphatic heterocycles. The van der Waals surface area contributed by atoms with Crippen molar-refractivity contribution in [1.82, 2.24) is 5.32 Å². The summed E-state index contributed by atoms with van der Waals surface area (Å²) in [7, 11) is 0. The van der Waals surface area contributed by atoms with E-state index in [1.54, 1.807) is 13.0 Å². The van der Waals surface area contributed by atoms with E-state index in [-0.39, 0.29) is 24.7 Å². The van der Waals surface area contributed by atoms with E-state index in [0.29, 0.717) is 6.42 Å². The van der Waals surface area contributed by atoms with Crippen molar-refractivity contribution in [3.63, 3.8) is 0 Å². The van der Waals surface area contributed by atoms with Gasteiger partial charge in [-0.2, -0.15) is 0 Å². The highest BCUT2D eigenvalue weighted by atomic mass is 16.6. The van der Waals surface area contributed by atoms with Crippen molar-refractivity contribution in [2.45, 2.75) is 25.8 Å². The third kappa shape index (κ3) is 4.20. The summed E-state index contributed by atoms with van der Waals surface area (Å²) >= 11 is 0. The molecule has 7 heteroatoms. The number of nitrogens with zero attached hydrogens (tertiary/aromatic N) is 1. The van der Waals surface area contributed by atoms with Crippen molar-refractivity contribution >= 4 is 11.6 Å². The molecule has 0 saturated carbocycles. The first kappa shape index (κ1) is 15.9. The van der Waals surface area contributed by atoms with Crippen LogP contribution in [0.4, 0.5) is 5.69 Å². The maximum Gasteiger partial charge on any atom is 0.310 e. The number of hydrogen-bond donors (Lipinski definition) is 2. The standard InChI is InChI=1S/C13H18N2O5/c1-3-13(2,9-16)14-12(17)8-20-11-7-5-4-6-10(11)15(18)19/h4-7,16H,3,8-9H2,1-2H3,(H,14,17). The third-order valence-corrected chi connectivity index (χ3v) is 2.99. The van der Waals surface area contributed by atoms with Crippen LogP contribution in [0.3, 0.4) is 0 Å². The van der Waals surface area contributed by atoms with Gasteiger partial charge in [0.25, 0.3) is 5.91 Å². The normalized spacial score (nSPS) is 13.3. The second-order valence-corrected chi connectivity index (χ2v) is 4.63. The monoisotopic (exact) mass is 282 g/mol. The summed E-state index contributed by atoms with van der Waals surface area (Å²) in [6.07, 6.45) is 0.556. The molecule has 7 nitrogen and oxygen atoms in total. The maximum atomic E-state index is 11.7. The van der Waals surface area contributed by atoms with Crippen LogP contribution in [0, 0.1) is 10.1 Å². The third-order valence-electron chi connectivity index (χ3n) is 2.99. The van der Waals surface area contributed by atoms with Crippen molar-refractivity contribution in [2.24, 2.45) is 0 Å². The van der Waals surface area contributed by atoms with Crippen molar-refractivity contribution in [2.75, 3.05) is 13.2 Å². The number of nitrogens with one attached hydrogen (secondary N) is 1. The molecule has 20 heavy (non-hydrogen) atoms. The molecule has 0 aliphatic carbocycles. The second kappa shape index (κ2) is 6.85. The predicted octanol–water partition coefficient (Wildman–Crippen LogP) is 1.25. The number of aliphatic hydroxyl groups is 1. The minimum Gasteiger partial charge on any atom is -0.477 e. The van der Waals surface area contributed by atoms with E-state index < -0.39 is 16.4 Å². The molecule has 0 fully saturated rings. The van der Waals surface area contributed by atoms with Gasteiger partial charge < -0.3 is 15.2 Å². The molecule has 0 aliphatic rings. The first-order valence-corrected chi connectivity index (χ1v) is 6.20. The van der Waals surface area contributed by atoms with E-state index in [4.69, 9.17) is 4.74 Å². The highest BCUT2D eigenvalue weighted by Gasteiger charge is 2.23. The van der Waals surface area contributed by atoms with Crippen LogP contribution in [0.25, 0.3) is 0 Å². The number of carbonyl (C=O) groups excluding carboxylic acids is 1. The average molecular weight is 282 g/mol. The Morgan fingerprint density at radius 2 is 2.15 bits per heavy atom. The lowest BCUT2D eigenvalue weighted by Gasteiger charge is -2.27. The summed E-state index contributed by atoms with van der Waals surface area (Å²) in [4.78, 5) is 21.9. The maximum absolute atomic E-state index is 11.7. The predicted molar refractivity (Wildman–Crippen MR) is 72.5 cm³/mol. The van der Waals surface area contributed by atoms with E-state index in [1.807, 2.05) is 6.92 Å². The Morgan fingerprint density at radius 3 is 2.70 bits per heavy atom. The molecule has 0 aromatic heterocycles. The Balaban J connectivity index is 2.64. The van der Waals surface area contributed by atoms with E-state index >= 15 is 0 Å². The number of amides is 1. The Bertz CT molecular complexity index is 485. The van der Waals surface area contributed by atoms with E-state index in [0.717, 1.165) is 0 Å². The molecule has 0 spiro atoms. The highest BCUT2D eigenvalue weighted by Crippen LogP contribution is 2.25. The fraction of sp³-hybridized carbons (Fsp3) is 0.462. The fourth-order valence-corrected chi connectivity index (χ4v) is 1.49. The molecule has 1 aromatic rings. The van der Waals surface area contributed by atoms with Crippen LogP contribution in [0.1, 0.15) is 20.3 Å². The first-order chi connectivity index (χ1) is 9.41. The van der Waals surface area contributed by atoms with Crippen molar-refractivity contribution in [3.05, 3.63) is 34.4 Å². The van der Waals surface area contributed by atoms with Crippen molar-refractivity contribution in [1.29, 1.82) is 0 Å². The van der Waals surface area contributed by atoms with E-state index in [2.05, 4.69) is 5.32 Å². The molecule has 0 saturated heterocycles. The number of aliphatic hydroxyl groups excluding tert-OH is 1. The van der Waals surface area contributed by atoms with Gasteiger partial charge >= 0.3 is 5.69 Å². The number of para-hydroxylation sites is 2. The summed E-state index contributed by atoms with van der Waals surface area (Å²) in [5.74, 6) is -0.406. The van der Waals surface area contributed by atoms with Gasteiger partial charge in [0.05, 0.1) is 17.1 Å². The smallest absolute Gasteiger partial charge is 0.310 e. The van der Waals surface area contributed by atoms with Gasteiger partial charge in [-0.15, -0.1) is 0 Å². The Morgan fingerprint density at radius 1 is 1.50 bits per heavy atom. The molecular weight excluding hydrogens is 264 g/mol. The lowest BCUT2D eigenvalue weighted by Crippen LogP contribution is -2.49. The minimum absolute atomic E-state index is 0.0369. The van der Waals surface area contributed by atoms with Gasteiger partial charge in [-0.25, -0.2) is 0 Å².